The Morgan fingerprint density at radius 2 is 0.715 bits per heavy atom. The summed E-state index contributed by atoms with van der Waals surface area (Å²) in [7, 11) is 0. The lowest BCUT2D eigenvalue weighted by Crippen LogP contribution is -2.48. The van der Waals surface area contributed by atoms with Gasteiger partial charge in [0, 0.05) is 52.6 Å². The number of aliphatic carboxylic acids is 10. The first kappa shape index (κ1) is 109. The monoisotopic (exact) mass is 1810 g/mol. The Morgan fingerprint density at radius 3 is 1.00 bits per heavy atom. The molecule has 0 spiro atoms. The lowest BCUT2D eigenvalue weighted by molar-refractivity contribution is -0.142. The van der Waals surface area contributed by atoms with Crippen LogP contribution in [0.5, 0.6) is 0 Å². The second-order valence-electron chi connectivity index (χ2n) is 28.2. The van der Waals surface area contributed by atoms with E-state index in [1.807, 2.05) is 48.5 Å². The summed E-state index contributed by atoms with van der Waals surface area (Å²) in [6, 6.07) is 37.1. The molecular formula is C84H107BrClF4N13O20. The van der Waals surface area contributed by atoms with Gasteiger partial charge in [0.05, 0.1) is 5.56 Å². The van der Waals surface area contributed by atoms with Crippen molar-refractivity contribution in [3.05, 3.63) is 266 Å². The normalized spacial score (nSPS) is 14.8. The standard InChI is InChI=1S/C13H19NO2.C10H10F3NO2.C9H10BrNO2.C9H10ClNO2.C9H10FNO2.3C8H10N2O2.C6H11NO2.C4H7NO2/c1-13(2,3)10-6-4-9(5-7-10)8-11(14)12(15)16;11-10(12,13)7-3-1-6(2-4-7)5-8(14)9(15)16;3*10-7-3-1-6(2-4-7)5-8(11)9(12)13;9-7(8(11)12)5-6-1-3-10-4-2-6;9-7(8(11)12)4-6-2-1-3-10-5-6;9-7(8(11)12)5-6-3-1-2-4-10-6;8-6(9)5-3-1-2-4-7-5;6-4(7)3-1-2-5-3/h4-7,11H,8,14H2,1-3H3,(H,15,16);1-4,8H,5,14H2,(H,15,16);3*1-4,8H,5,11H2,(H,12,13);1-4,7H,5,9H2,(H,11,12);1-3,5,7H,4,9H2,(H,11,12);1-4,7H,5,9H2,(H,11,12);5,7H,1-4H2,(H,8,9);3,5H,1-2H2,(H,6,7)/t11-;4*8-;3*7-;5-;3-/m0000000000/s1. The zero-order chi connectivity index (χ0) is 93.1. The molecule has 2 saturated heterocycles. The van der Waals surface area contributed by atoms with Crippen molar-refractivity contribution in [1.29, 1.82) is 0 Å². The van der Waals surface area contributed by atoms with Gasteiger partial charge in [0.25, 0.3) is 0 Å². The molecule has 39 heteroatoms. The van der Waals surface area contributed by atoms with E-state index < -0.39 is 120 Å². The maximum atomic E-state index is 12.4. The van der Waals surface area contributed by atoms with Gasteiger partial charge in [-0.25, -0.2) is 4.39 Å². The minimum atomic E-state index is -4.38. The number of rotatable bonds is 26. The number of hydrogen-bond acceptors (Lipinski definition) is 23. The summed E-state index contributed by atoms with van der Waals surface area (Å²) in [6.45, 7) is 8.15. The van der Waals surface area contributed by atoms with Crippen molar-refractivity contribution in [2.45, 2.75) is 170 Å². The fraction of sp³-hybridized carbons (Fsp3) is 0.345. The molecule has 8 aromatic rings. The summed E-state index contributed by atoms with van der Waals surface area (Å²) in [5.41, 5.74) is 49.7. The fourth-order valence-electron chi connectivity index (χ4n) is 9.65. The zero-order valence-corrected chi connectivity index (χ0v) is 69.8. The van der Waals surface area contributed by atoms with Gasteiger partial charge in [-0.2, -0.15) is 13.2 Å². The Labute approximate surface area is 720 Å². The van der Waals surface area contributed by atoms with E-state index in [2.05, 4.69) is 62.3 Å². The molecule has 0 bridgehead atoms. The van der Waals surface area contributed by atoms with Crippen LogP contribution in [-0.4, -0.2) is 199 Å². The number of halogens is 6. The van der Waals surface area contributed by atoms with Gasteiger partial charge >= 0.3 is 65.9 Å². The zero-order valence-electron chi connectivity index (χ0n) is 67.4. The van der Waals surface area contributed by atoms with Gasteiger partial charge in [-0.15, -0.1) is 0 Å². The van der Waals surface area contributed by atoms with E-state index in [0.717, 1.165) is 88.8 Å². The highest BCUT2D eigenvalue weighted by atomic mass is 79.9. The van der Waals surface area contributed by atoms with E-state index in [-0.39, 0.29) is 42.6 Å². The first-order valence-electron chi connectivity index (χ1n) is 37.6. The first-order chi connectivity index (χ1) is 57.6. The topological polar surface area (TPSA) is 644 Å². The van der Waals surface area contributed by atoms with E-state index in [1.54, 1.807) is 97.7 Å². The predicted octanol–water partition coefficient (Wildman–Crippen LogP) is 6.83. The van der Waals surface area contributed by atoms with E-state index in [0.29, 0.717) is 48.4 Å². The summed E-state index contributed by atoms with van der Waals surface area (Å²) in [4.78, 5) is 115. The summed E-state index contributed by atoms with van der Waals surface area (Å²) >= 11 is 8.96. The van der Waals surface area contributed by atoms with Crippen LogP contribution >= 0.6 is 27.5 Å². The summed E-state index contributed by atoms with van der Waals surface area (Å²) < 4.78 is 50.0. The Balaban J connectivity index is 0.000000687. The van der Waals surface area contributed by atoms with E-state index >= 15 is 0 Å². The van der Waals surface area contributed by atoms with Crippen LogP contribution in [0.1, 0.15) is 102 Å². The Hall–Kier alpha value is -11.7. The number of alkyl halides is 3. The number of pyridine rings is 3. The maximum Gasteiger partial charge on any atom is 0.416 e. The lowest BCUT2D eigenvalue weighted by Gasteiger charge is -2.22. The first-order valence-corrected chi connectivity index (χ1v) is 38.7. The Kier molecular flexibility index (Phi) is 51.9. The average Bonchev–Trinajstić information content (AvgIpc) is 0.856. The second-order valence-corrected chi connectivity index (χ2v) is 29.6. The van der Waals surface area contributed by atoms with Gasteiger partial charge in [-0.05, 0) is 206 Å². The SMILES string of the molecule is CC(C)(C)c1ccc(C[C@H](N)C(=O)O)cc1.N[C@@H](Cc1ccc(Br)cc1)C(=O)O.N[C@@H](Cc1ccc(C(F)(F)F)cc1)C(=O)O.N[C@@H](Cc1ccc(Cl)cc1)C(=O)O.N[C@@H](Cc1ccc(F)cc1)C(=O)O.N[C@@H](Cc1ccccn1)C(=O)O.N[C@@H](Cc1cccnc1)C(=O)O.N[C@@H](Cc1ccncc1)C(=O)O.O=C(O)[C@@H]1CCCCN1.O=C(O)[C@@H]1CCN1. The van der Waals surface area contributed by atoms with Crippen molar-refractivity contribution in [3.8, 4) is 0 Å². The molecular weight excluding hydrogens is 1700 g/mol. The molecule has 2 fully saturated rings. The quantitative estimate of drug-likeness (QED) is 0.0247. The van der Waals surface area contributed by atoms with Gasteiger partial charge < -0.3 is 108 Å². The molecule has 670 valence electrons. The number of carboxylic acid groups (broad SMARTS) is 10. The number of nitrogens with zero attached hydrogens (tertiary/aromatic N) is 3. The van der Waals surface area contributed by atoms with Crippen LogP contribution in [0.3, 0.4) is 0 Å². The molecule has 123 heavy (non-hydrogen) atoms. The number of benzene rings is 5. The number of nitrogens with two attached hydrogens (primary N) is 8. The molecule has 5 heterocycles. The van der Waals surface area contributed by atoms with Crippen LogP contribution in [0.15, 0.2) is 199 Å². The molecule has 0 amide bonds. The number of nitrogens with one attached hydrogen (secondary N) is 2. The number of piperidine rings is 1. The van der Waals surface area contributed by atoms with Gasteiger partial charge in [0.1, 0.15) is 66.2 Å². The third kappa shape index (κ3) is 50.4. The minimum Gasteiger partial charge on any atom is -0.480 e. The predicted molar refractivity (Wildman–Crippen MR) is 453 cm³/mol. The highest BCUT2D eigenvalue weighted by Crippen LogP contribution is 2.29. The van der Waals surface area contributed by atoms with E-state index in [1.165, 1.54) is 42.0 Å². The largest absolute Gasteiger partial charge is 0.480 e. The third-order valence-electron chi connectivity index (χ3n) is 16.9. The van der Waals surface area contributed by atoms with Gasteiger partial charge in [0.15, 0.2) is 0 Å². The molecule has 2 aliphatic rings. The molecule has 28 N–H and O–H groups in total. The number of carboxylic acids is 10. The fourth-order valence-corrected chi connectivity index (χ4v) is 10.0. The summed E-state index contributed by atoms with van der Waals surface area (Å²) in [5.74, 6) is -9.90. The highest BCUT2D eigenvalue weighted by molar-refractivity contribution is 9.10. The number of hydrogen-bond donors (Lipinski definition) is 20. The maximum absolute atomic E-state index is 12.4. The van der Waals surface area contributed by atoms with E-state index in [4.69, 9.17) is 109 Å². The van der Waals surface area contributed by atoms with Crippen LogP contribution in [0, 0.1) is 5.82 Å². The van der Waals surface area contributed by atoms with Crippen LogP contribution in [-0.2, 0) is 111 Å². The molecule has 10 rings (SSSR count). The molecule has 10 atom stereocenters. The molecule has 0 radical (unpaired) electrons. The summed E-state index contributed by atoms with van der Waals surface area (Å²) in [5, 5.41) is 91.3. The lowest BCUT2D eigenvalue weighted by atomic mass is 9.86. The Morgan fingerprint density at radius 1 is 0.390 bits per heavy atom. The summed E-state index contributed by atoms with van der Waals surface area (Å²) in [6.07, 6.45) is 9.68. The van der Waals surface area contributed by atoms with Crippen molar-refractivity contribution < 1.29 is 117 Å². The molecule has 0 unspecified atom stereocenters. The van der Waals surface area contributed by atoms with Gasteiger partial charge in [-0.1, -0.05) is 140 Å². The van der Waals surface area contributed by atoms with Crippen molar-refractivity contribution in [1.82, 2.24) is 25.6 Å². The Bertz CT molecular complexity index is 4100. The highest BCUT2D eigenvalue weighted by Gasteiger charge is 2.30. The third-order valence-corrected chi connectivity index (χ3v) is 17.7. The molecule has 3 aromatic heterocycles. The van der Waals surface area contributed by atoms with Crippen LogP contribution in [0.25, 0.3) is 0 Å². The van der Waals surface area contributed by atoms with Crippen LogP contribution in [0.2, 0.25) is 5.02 Å². The minimum absolute atomic E-state index is 0.00741. The van der Waals surface area contributed by atoms with Gasteiger partial charge in [0.2, 0.25) is 0 Å². The molecule has 2 aliphatic heterocycles. The molecule has 33 nitrogen and oxygen atoms in total. The second kappa shape index (κ2) is 58.4. The van der Waals surface area contributed by atoms with Crippen molar-refractivity contribution >= 4 is 87.2 Å². The van der Waals surface area contributed by atoms with Gasteiger partial charge in [-0.3, -0.25) is 62.9 Å². The van der Waals surface area contributed by atoms with Crippen LogP contribution < -0.4 is 56.5 Å². The van der Waals surface area contributed by atoms with Crippen molar-refractivity contribution in [2.24, 2.45) is 45.9 Å². The molecule has 0 saturated carbocycles. The smallest absolute Gasteiger partial charge is 0.416 e. The average molecular weight is 1810 g/mol. The molecule has 0 aliphatic carbocycles. The van der Waals surface area contributed by atoms with Crippen molar-refractivity contribution in [3.63, 3.8) is 0 Å². The van der Waals surface area contributed by atoms with Crippen molar-refractivity contribution in [2.75, 3.05) is 13.1 Å². The number of aromatic nitrogens is 3. The number of carbonyl (C=O) groups is 10. The molecule has 5 aromatic carbocycles. The van der Waals surface area contributed by atoms with Crippen LogP contribution in [0.4, 0.5) is 17.6 Å². The van der Waals surface area contributed by atoms with E-state index in [9.17, 15) is 65.5 Å².